The number of carbonyl (C=O) groups is 2. The van der Waals surface area contributed by atoms with Gasteiger partial charge in [0.1, 0.15) is 31.3 Å². The molecule has 174 valence electrons. The molecule has 8 nitrogen and oxygen atoms in total. The summed E-state index contributed by atoms with van der Waals surface area (Å²) in [7, 11) is 0. The average Bonchev–Trinajstić information content (AvgIpc) is 3.10. The van der Waals surface area contributed by atoms with E-state index in [1.807, 2.05) is 6.92 Å². The van der Waals surface area contributed by atoms with Crippen molar-refractivity contribution in [3.05, 3.63) is 59.2 Å². The highest BCUT2D eigenvalue weighted by atomic mass is 16.6. The zero-order valence-corrected chi connectivity index (χ0v) is 18.5. The Morgan fingerprint density at radius 1 is 1.12 bits per heavy atom. The van der Waals surface area contributed by atoms with Gasteiger partial charge in [0.15, 0.2) is 11.5 Å². The second-order valence-corrected chi connectivity index (χ2v) is 7.85. The predicted octanol–water partition coefficient (Wildman–Crippen LogP) is 3.05. The van der Waals surface area contributed by atoms with Crippen molar-refractivity contribution in [2.75, 3.05) is 33.0 Å². The minimum absolute atomic E-state index is 0.0205. The molecule has 33 heavy (non-hydrogen) atoms. The van der Waals surface area contributed by atoms with Crippen molar-refractivity contribution in [1.29, 1.82) is 0 Å². The molecule has 0 aliphatic carbocycles. The number of aliphatic hydroxyl groups excluding tert-OH is 2. The van der Waals surface area contributed by atoms with Gasteiger partial charge in [-0.3, -0.25) is 9.59 Å². The van der Waals surface area contributed by atoms with Crippen LogP contribution >= 0.6 is 0 Å². The lowest BCUT2D eigenvalue weighted by atomic mass is 9.95. The van der Waals surface area contributed by atoms with Crippen LogP contribution in [0.15, 0.2) is 48.0 Å². The Bertz CT molecular complexity index is 1080. The van der Waals surface area contributed by atoms with Gasteiger partial charge in [0.05, 0.1) is 18.2 Å². The molecule has 2 aliphatic rings. The van der Waals surface area contributed by atoms with E-state index in [0.717, 1.165) is 6.42 Å². The second-order valence-electron chi connectivity index (χ2n) is 7.85. The van der Waals surface area contributed by atoms with E-state index in [0.29, 0.717) is 54.6 Å². The number of carbonyl (C=O) groups excluding carboxylic acids is 2. The number of fused-ring (bicyclic) bond motifs is 1. The first kappa shape index (κ1) is 22.7. The smallest absolute Gasteiger partial charge is 0.295 e. The number of amides is 1. The molecule has 2 heterocycles. The highest BCUT2D eigenvalue weighted by molar-refractivity contribution is 6.46. The largest absolute Gasteiger partial charge is 0.507 e. The lowest BCUT2D eigenvalue weighted by Gasteiger charge is -2.25. The highest BCUT2D eigenvalue weighted by Crippen LogP contribution is 2.41. The Kier molecular flexibility index (Phi) is 6.84. The third-order valence-electron chi connectivity index (χ3n) is 5.64. The van der Waals surface area contributed by atoms with Gasteiger partial charge >= 0.3 is 0 Å². The maximum atomic E-state index is 13.1. The molecule has 2 aliphatic heterocycles. The predicted molar refractivity (Wildman–Crippen MR) is 120 cm³/mol. The number of benzene rings is 2. The van der Waals surface area contributed by atoms with E-state index >= 15 is 0 Å². The van der Waals surface area contributed by atoms with Crippen LogP contribution in [0.2, 0.25) is 0 Å². The van der Waals surface area contributed by atoms with Crippen LogP contribution in [0.1, 0.15) is 36.9 Å². The van der Waals surface area contributed by atoms with Crippen molar-refractivity contribution in [1.82, 2.24) is 4.90 Å². The Balaban J connectivity index is 1.80. The number of nitrogens with zero attached hydrogens (tertiary/aromatic N) is 1. The lowest BCUT2D eigenvalue weighted by Crippen LogP contribution is -2.30. The monoisotopic (exact) mass is 453 g/mol. The number of hydrogen-bond acceptors (Lipinski definition) is 7. The first-order valence-corrected chi connectivity index (χ1v) is 11.1. The number of aliphatic hydroxyl groups is 2. The van der Waals surface area contributed by atoms with Crippen LogP contribution in [-0.4, -0.2) is 59.8 Å². The fourth-order valence-corrected chi connectivity index (χ4v) is 4.07. The van der Waals surface area contributed by atoms with E-state index in [1.54, 1.807) is 42.5 Å². The molecule has 2 aromatic carbocycles. The van der Waals surface area contributed by atoms with Crippen molar-refractivity contribution in [2.24, 2.45) is 0 Å². The Morgan fingerprint density at radius 2 is 1.91 bits per heavy atom. The molecule has 0 radical (unpaired) electrons. The SMILES string of the molecule is CCCCN1C(=O)C(=O)/C(=C(\O)c2ccc3c(c2)OCCO3)C1c1cccc(OCCO)c1. The summed E-state index contributed by atoms with van der Waals surface area (Å²) in [5, 5.41) is 20.3. The van der Waals surface area contributed by atoms with Crippen LogP contribution in [0.3, 0.4) is 0 Å². The van der Waals surface area contributed by atoms with E-state index < -0.39 is 17.7 Å². The molecule has 0 saturated carbocycles. The number of Topliss-reactive ketones (excluding diaryl/α,β-unsaturated/α-hetero) is 1. The van der Waals surface area contributed by atoms with Crippen molar-refractivity contribution < 1.29 is 34.0 Å². The molecule has 2 N–H and O–H groups in total. The standard InChI is InChI=1S/C25H27NO7/c1-2-3-9-26-22(16-5-4-6-18(14-16)31-11-10-27)21(24(29)25(26)30)23(28)17-7-8-19-20(15-17)33-13-12-32-19/h4-8,14-15,22,27-28H,2-3,9-13H2,1H3/b23-21-. The van der Waals surface area contributed by atoms with Crippen LogP contribution < -0.4 is 14.2 Å². The van der Waals surface area contributed by atoms with E-state index in [4.69, 9.17) is 19.3 Å². The number of ether oxygens (including phenoxy) is 3. The second kappa shape index (κ2) is 9.95. The summed E-state index contributed by atoms with van der Waals surface area (Å²) in [6, 6.07) is 11.2. The van der Waals surface area contributed by atoms with Gasteiger partial charge in [-0.05, 0) is 42.3 Å². The minimum Gasteiger partial charge on any atom is -0.507 e. The van der Waals surface area contributed by atoms with Gasteiger partial charge in [0.2, 0.25) is 0 Å². The van der Waals surface area contributed by atoms with Crippen LogP contribution in [0, 0.1) is 0 Å². The molecule has 8 heteroatoms. The quantitative estimate of drug-likeness (QED) is 0.360. The van der Waals surface area contributed by atoms with E-state index in [1.165, 1.54) is 4.90 Å². The fraction of sp³-hybridized carbons (Fsp3) is 0.360. The molecule has 1 fully saturated rings. The molecule has 1 amide bonds. The van der Waals surface area contributed by atoms with Crippen LogP contribution in [0.25, 0.3) is 5.76 Å². The van der Waals surface area contributed by atoms with E-state index in [9.17, 15) is 14.7 Å². The maximum absolute atomic E-state index is 13.1. The summed E-state index contributed by atoms with van der Waals surface area (Å²) in [5.74, 6) is -0.106. The van der Waals surface area contributed by atoms with Gasteiger partial charge in [0, 0.05) is 12.1 Å². The number of hydrogen-bond donors (Lipinski definition) is 2. The Hall–Kier alpha value is -3.52. The van der Waals surface area contributed by atoms with Crippen molar-refractivity contribution in [3.63, 3.8) is 0 Å². The lowest BCUT2D eigenvalue weighted by molar-refractivity contribution is -0.139. The van der Waals surface area contributed by atoms with Crippen LogP contribution in [0.4, 0.5) is 0 Å². The van der Waals surface area contributed by atoms with Gasteiger partial charge in [-0.25, -0.2) is 0 Å². The summed E-state index contributed by atoms with van der Waals surface area (Å²) in [4.78, 5) is 27.5. The average molecular weight is 453 g/mol. The molecule has 1 unspecified atom stereocenters. The molecule has 0 spiro atoms. The first-order valence-electron chi connectivity index (χ1n) is 11.1. The Labute approximate surface area is 192 Å². The molecule has 0 aromatic heterocycles. The number of rotatable bonds is 8. The fourth-order valence-electron chi connectivity index (χ4n) is 4.07. The third kappa shape index (κ3) is 4.52. The summed E-state index contributed by atoms with van der Waals surface area (Å²) in [5.41, 5.74) is 1.03. The summed E-state index contributed by atoms with van der Waals surface area (Å²) < 4.78 is 16.7. The van der Waals surface area contributed by atoms with Crippen LogP contribution in [-0.2, 0) is 9.59 Å². The third-order valence-corrected chi connectivity index (χ3v) is 5.64. The molecule has 0 bridgehead atoms. The minimum atomic E-state index is -0.762. The van der Waals surface area contributed by atoms with Gasteiger partial charge in [-0.2, -0.15) is 0 Å². The zero-order valence-electron chi connectivity index (χ0n) is 18.5. The molecular formula is C25H27NO7. The van der Waals surface area contributed by atoms with Crippen molar-refractivity contribution >= 4 is 17.4 Å². The molecule has 1 atom stereocenters. The summed E-state index contributed by atoms with van der Waals surface area (Å²) in [6.07, 6.45) is 1.56. The van der Waals surface area contributed by atoms with Crippen LogP contribution in [0.5, 0.6) is 17.2 Å². The summed E-state index contributed by atoms with van der Waals surface area (Å²) >= 11 is 0. The number of likely N-dealkylation sites (tertiary alicyclic amines) is 1. The van der Waals surface area contributed by atoms with Gasteiger partial charge < -0.3 is 29.3 Å². The topological polar surface area (TPSA) is 106 Å². The summed E-state index contributed by atoms with van der Waals surface area (Å²) in [6.45, 7) is 3.20. The first-order chi connectivity index (χ1) is 16.0. The van der Waals surface area contributed by atoms with Crippen molar-refractivity contribution in [3.8, 4) is 17.2 Å². The van der Waals surface area contributed by atoms with Gasteiger partial charge in [-0.15, -0.1) is 0 Å². The Morgan fingerprint density at radius 3 is 2.67 bits per heavy atom. The molecule has 1 saturated heterocycles. The molecule has 2 aromatic rings. The van der Waals surface area contributed by atoms with Crippen molar-refractivity contribution in [2.45, 2.75) is 25.8 Å². The number of unbranched alkanes of at least 4 members (excludes halogenated alkanes) is 1. The molecule has 4 rings (SSSR count). The maximum Gasteiger partial charge on any atom is 0.295 e. The highest BCUT2D eigenvalue weighted by Gasteiger charge is 2.45. The van der Waals surface area contributed by atoms with E-state index in [-0.39, 0.29) is 24.5 Å². The number of ketones is 1. The normalized spacial score (nSPS) is 19.1. The van der Waals surface area contributed by atoms with Gasteiger partial charge in [0.25, 0.3) is 11.7 Å². The van der Waals surface area contributed by atoms with Gasteiger partial charge in [-0.1, -0.05) is 25.5 Å². The molecular weight excluding hydrogens is 426 g/mol. The van der Waals surface area contributed by atoms with E-state index in [2.05, 4.69) is 0 Å². The zero-order chi connectivity index (χ0) is 23.4.